The Bertz CT molecular complexity index is 174. The molecule has 1 aliphatic heterocycles. The Labute approximate surface area is 66.0 Å². The SMILES string of the molecule is C/C=C1/C(=O)COC1=O.CC. The van der Waals surface area contributed by atoms with Crippen molar-refractivity contribution in [3.63, 3.8) is 0 Å². The molecule has 0 aliphatic carbocycles. The van der Waals surface area contributed by atoms with E-state index in [4.69, 9.17) is 0 Å². The zero-order chi connectivity index (χ0) is 8.85. The van der Waals surface area contributed by atoms with Crippen molar-refractivity contribution in [2.45, 2.75) is 20.8 Å². The summed E-state index contributed by atoms with van der Waals surface area (Å²) in [4.78, 5) is 21.1. The van der Waals surface area contributed by atoms with Gasteiger partial charge >= 0.3 is 5.97 Å². The van der Waals surface area contributed by atoms with Gasteiger partial charge < -0.3 is 4.74 Å². The van der Waals surface area contributed by atoms with Crippen LogP contribution >= 0.6 is 0 Å². The molecule has 0 amide bonds. The third-order valence-corrected chi connectivity index (χ3v) is 1.14. The Hall–Kier alpha value is -1.12. The molecule has 0 spiro atoms. The summed E-state index contributed by atoms with van der Waals surface area (Å²) in [5.74, 6) is -0.718. The first kappa shape index (κ1) is 9.88. The van der Waals surface area contributed by atoms with E-state index in [0.29, 0.717) is 0 Å². The lowest BCUT2D eigenvalue weighted by Gasteiger charge is -1.82. The van der Waals surface area contributed by atoms with Crippen molar-refractivity contribution >= 4 is 11.8 Å². The minimum Gasteiger partial charge on any atom is -0.454 e. The van der Waals surface area contributed by atoms with E-state index in [1.165, 1.54) is 6.08 Å². The molecule has 0 aromatic carbocycles. The van der Waals surface area contributed by atoms with Gasteiger partial charge in [-0.3, -0.25) is 4.79 Å². The fourth-order valence-corrected chi connectivity index (χ4v) is 0.679. The van der Waals surface area contributed by atoms with Gasteiger partial charge in [-0.25, -0.2) is 4.79 Å². The van der Waals surface area contributed by atoms with Crippen LogP contribution in [0.5, 0.6) is 0 Å². The number of ether oxygens (including phenoxy) is 1. The van der Waals surface area contributed by atoms with E-state index in [2.05, 4.69) is 4.74 Å². The number of allylic oxidation sites excluding steroid dienone is 1. The van der Waals surface area contributed by atoms with E-state index in [9.17, 15) is 9.59 Å². The summed E-state index contributed by atoms with van der Waals surface area (Å²) in [5.41, 5.74) is 0.176. The van der Waals surface area contributed by atoms with Gasteiger partial charge in [0.05, 0.1) is 0 Å². The normalized spacial score (nSPS) is 19.4. The zero-order valence-corrected chi connectivity index (χ0v) is 7.01. The van der Waals surface area contributed by atoms with Crippen LogP contribution in [-0.4, -0.2) is 18.4 Å². The number of cyclic esters (lactones) is 1. The van der Waals surface area contributed by atoms with Crippen LogP contribution in [0.3, 0.4) is 0 Å². The van der Waals surface area contributed by atoms with Crippen molar-refractivity contribution in [2.75, 3.05) is 6.61 Å². The second kappa shape index (κ2) is 4.66. The molecule has 1 aliphatic rings. The highest BCUT2D eigenvalue weighted by atomic mass is 16.5. The van der Waals surface area contributed by atoms with Crippen LogP contribution in [0, 0.1) is 0 Å². The van der Waals surface area contributed by atoms with Crippen molar-refractivity contribution in [3.8, 4) is 0 Å². The first-order valence-corrected chi connectivity index (χ1v) is 3.62. The van der Waals surface area contributed by atoms with Crippen LogP contribution in [0.1, 0.15) is 20.8 Å². The summed E-state index contributed by atoms with van der Waals surface area (Å²) in [6.45, 7) is 5.55. The molecule has 0 aromatic heterocycles. The van der Waals surface area contributed by atoms with E-state index in [0.717, 1.165) is 0 Å². The quantitative estimate of drug-likeness (QED) is 0.299. The van der Waals surface area contributed by atoms with Gasteiger partial charge in [-0.15, -0.1) is 0 Å². The molecule has 0 unspecified atom stereocenters. The number of carbonyl (C=O) groups is 2. The van der Waals surface area contributed by atoms with Gasteiger partial charge in [0.15, 0.2) is 6.61 Å². The van der Waals surface area contributed by atoms with E-state index in [1.54, 1.807) is 6.92 Å². The smallest absolute Gasteiger partial charge is 0.342 e. The monoisotopic (exact) mass is 156 g/mol. The van der Waals surface area contributed by atoms with Gasteiger partial charge in [-0.05, 0) is 6.92 Å². The van der Waals surface area contributed by atoms with Crippen molar-refractivity contribution in [3.05, 3.63) is 11.6 Å². The topological polar surface area (TPSA) is 43.4 Å². The van der Waals surface area contributed by atoms with Gasteiger partial charge in [-0.2, -0.15) is 0 Å². The molecular formula is C8H12O3. The number of rotatable bonds is 0. The Kier molecular flexibility index (Phi) is 4.18. The van der Waals surface area contributed by atoms with Gasteiger partial charge in [0.2, 0.25) is 5.78 Å². The largest absolute Gasteiger partial charge is 0.454 e. The molecule has 0 radical (unpaired) electrons. The molecular weight excluding hydrogens is 144 g/mol. The summed E-state index contributed by atoms with van der Waals surface area (Å²) in [7, 11) is 0. The van der Waals surface area contributed by atoms with Crippen LogP contribution in [0.2, 0.25) is 0 Å². The summed E-state index contributed by atoms with van der Waals surface area (Å²) < 4.78 is 4.41. The predicted molar refractivity (Wildman–Crippen MR) is 41.1 cm³/mol. The lowest BCUT2D eigenvalue weighted by atomic mass is 10.2. The van der Waals surface area contributed by atoms with Gasteiger partial charge in [0.1, 0.15) is 5.57 Å². The highest BCUT2D eigenvalue weighted by molar-refractivity contribution is 6.21. The number of esters is 1. The molecule has 1 heterocycles. The standard InChI is InChI=1S/C6H6O3.C2H6/c1-2-4-5(7)3-9-6(4)8;1-2/h2H,3H2,1H3;1-2H3/b4-2-;. The molecule has 62 valence electrons. The van der Waals surface area contributed by atoms with E-state index in [1.807, 2.05) is 13.8 Å². The third kappa shape index (κ3) is 2.18. The summed E-state index contributed by atoms with van der Waals surface area (Å²) >= 11 is 0. The molecule has 0 saturated carbocycles. The lowest BCUT2D eigenvalue weighted by Crippen LogP contribution is -1.99. The van der Waals surface area contributed by atoms with Crippen LogP contribution in [0.15, 0.2) is 11.6 Å². The van der Waals surface area contributed by atoms with Crippen molar-refractivity contribution in [1.82, 2.24) is 0 Å². The molecule has 0 N–H and O–H groups in total. The number of hydrogen-bond acceptors (Lipinski definition) is 3. The first-order chi connectivity index (χ1) is 5.25. The molecule has 1 fully saturated rings. The van der Waals surface area contributed by atoms with Crippen molar-refractivity contribution in [1.29, 1.82) is 0 Å². The van der Waals surface area contributed by atoms with E-state index in [-0.39, 0.29) is 18.0 Å². The van der Waals surface area contributed by atoms with E-state index >= 15 is 0 Å². The summed E-state index contributed by atoms with van der Waals surface area (Å²) in [5, 5.41) is 0. The van der Waals surface area contributed by atoms with Crippen LogP contribution in [0.25, 0.3) is 0 Å². The maximum atomic E-state index is 10.6. The number of hydrogen-bond donors (Lipinski definition) is 0. The second-order valence-corrected chi connectivity index (χ2v) is 1.70. The average Bonchev–Trinajstić information content (AvgIpc) is 2.35. The molecule has 3 nitrogen and oxygen atoms in total. The summed E-state index contributed by atoms with van der Waals surface area (Å²) in [6.07, 6.45) is 1.47. The fourth-order valence-electron chi connectivity index (χ4n) is 0.679. The maximum absolute atomic E-state index is 10.6. The minimum absolute atomic E-state index is 0.0848. The first-order valence-electron chi connectivity index (χ1n) is 3.62. The molecule has 0 atom stereocenters. The third-order valence-electron chi connectivity index (χ3n) is 1.14. The molecule has 0 bridgehead atoms. The van der Waals surface area contributed by atoms with Crippen LogP contribution < -0.4 is 0 Å². The Morgan fingerprint density at radius 1 is 1.36 bits per heavy atom. The zero-order valence-electron chi connectivity index (χ0n) is 7.01. The van der Waals surface area contributed by atoms with Gasteiger partial charge in [0, 0.05) is 0 Å². The predicted octanol–water partition coefficient (Wildman–Crippen LogP) is 1.08. The van der Waals surface area contributed by atoms with Crippen LogP contribution in [0.4, 0.5) is 0 Å². The number of ketones is 1. The Morgan fingerprint density at radius 2 is 1.91 bits per heavy atom. The highest BCUT2D eigenvalue weighted by Gasteiger charge is 2.26. The molecule has 11 heavy (non-hydrogen) atoms. The van der Waals surface area contributed by atoms with Gasteiger partial charge in [-0.1, -0.05) is 19.9 Å². The summed E-state index contributed by atoms with van der Waals surface area (Å²) in [6, 6.07) is 0. The minimum atomic E-state index is -0.498. The lowest BCUT2D eigenvalue weighted by molar-refractivity contribution is -0.135. The highest BCUT2D eigenvalue weighted by Crippen LogP contribution is 2.07. The number of Topliss-reactive ketones (excluding diaryl/α,β-unsaturated/α-hetero) is 1. The van der Waals surface area contributed by atoms with Crippen molar-refractivity contribution < 1.29 is 14.3 Å². The Morgan fingerprint density at radius 3 is 2.09 bits per heavy atom. The maximum Gasteiger partial charge on any atom is 0.342 e. The number of carbonyl (C=O) groups excluding carboxylic acids is 2. The second-order valence-electron chi connectivity index (χ2n) is 1.70. The fraction of sp³-hybridized carbons (Fsp3) is 0.500. The average molecular weight is 156 g/mol. The molecule has 0 aromatic rings. The van der Waals surface area contributed by atoms with Crippen molar-refractivity contribution in [2.24, 2.45) is 0 Å². The molecule has 1 saturated heterocycles. The van der Waals surface area contributed by atoms with E-state index < -0.39 is 5.97 Å². The van der Waals surface area contributed by atoms with Crippen LogP contribution in [-0.2, 0) is 14.3 Å². The molecule has 1 rings (SSSR count). The Balaban J connectivity index is 0.000000461. The van der Waals surface area contributed by atoms with Gasteiger partial charge in [0.25, 0.3) is 0 Å². The molecule has 3 heteroatoms.